The molecule has 0 fully saturated rings. The highest BCUT2D eigenvalue weighted by atomic mass is 19.1. The van der Waals surface area contributed by atoms with E-state index in [2.05, 4.69) is 5.32 Å². The number of anilines is 1. The van der Waals surface area contributed by atoms with E-state index in [1.807, 2.05) is 6.07 Å². The summed E-state index contributed by atoms with van der Waals surface area (Å²) in [4.78, 5) is 0. The van der Waals surface area contributed by atoms with Crippen LogP contribution in [0.2, 0.25) is 0 Å². The van der Waals surface area contributed by atoms with Crippen molar-refractivity contribution in [2.24, 2.45) is 0 Å². The van der Waals surface area contributed by atoms with Crippen LogP contribution in [-0.2, 0) is 6.54 Å². The van der Waals surface area contributed by atoms with Gasteiger partial charge in [0, 0.05) is 12.6 Å². The average Bonchev–Trinajstić information content (AvgIpc) is 2.48. The molecule has 0 saturated carbocycles. The van der Waals surface area contributed by atoms with Crippen molar-refractivity contribution in [3.05, 3.63) is 53.3 Å². The molecule has 102 valence electrons. The smallest absolute Gasteiger partial charge is 0.165 e. The van der Waals surface area contributed by atoms with Gasteiger partial charge in [0.15, 0.2) is 11.6 Å². The van der Waals surface area contributed by atoms with Crippen LogP contribution in [0.3, 0.4) is 0 Å². The van der Waals surface area contributed by atoms with Crippen LogP contribution < -0.4 is 10.1 Å². The SMILES string of the molecule is COc1cc(C#N)ccc1NCc1ccc(O)c(F)c1. The molecule has 2 aromatic rings. The van der Waals surface area contributed by atoms with E-state index >= 15 is 0 Å². The highest BCUT2D eigenvalue weighted by Crippen LogP contribution is 2.26. The number of phenolic OH excluding ortho intramolecular Hbond substituents is 1. The second kappa shape index (κ2) is 5.93. The third-order valence-corrected chi connectivity index (χ3v) is 2.83. The van der Waals surface area contributed by atoms with E-state index in [9.17, 15) is 4.39 Å². The number of nitriles is 1. The first-order valence-corrected chi connectivity index (χ1v) is 5.93. The molecule has 20 heavy (non-hydrogen) atoms. The maximum absolute atomic E-state index is 13.2. The molecule has 2 N–H and O–H groups in total. The van der Waals surface area contributed by atoms with Crippen molar-refractivity contribution in [3.63, 3.8) is 0 Å². The Kier molecular flexibility index (Phi) is 4.06. The zero-order valence-electron chi connectivity index (χ0n) is 10.9. The largest absolute Gasteiger partial charge is 0.505 e. The summed E-state index contributed by atoms with van der Waals surface area (Å²) in [5, 5.41) is 21.0. The van der Waals surface area contributed by atoms with Crippen LogP contribution in [0.25, 0.3) is 0 Å². The van der Waals surface area contributed by atoms with Gasteiger partial charge in [-0.05, 0) is 29.8 Å². The topological polar surface area (TPSA) is 65.3 Å². The van der Waals surface area contributed by atoms with E-state index < -0.39 is 5.82 Å². The maximum atomic E-state index is 13.2. The summed E-state index contributed by atoms with van der Waals surface area (Å²) in [5.41, 5.74) is 1.90. The number of hydrogen-bond donors (Lipinski definition) is 2. The molecular formula is C15H13FN2O2. The van der Waals surface area contributed by atoms with Crippen LogP contribution in [0.1, 0.15) is 11.1 Å². The number of nitrogens with zero attached hydrogens (tertiary/aromatic N) is 1. The second-order valence-corrected chi connectivity index (χ2v) is 4.17. The van der Waals surface area contributed by atoms with Gasteiger partial charge < -0.3 is 15.2 Å². The number of benzene rings is 2. The molecule has 0 amide bonds. The molecule has 0 unspecified atom stereocenters. The molecule has 2 aromatic carbocycles. The number of rotatable bonds is 4. The second-order valence-electron chi connectivity index (χ2n) is 4.17. The Morgan fingerprint density at radius 2 is 2.10 bits per heavy atom. The van der Waals surface area contributed by atoms with Gasteiger partial charge in [-0.2, -0.15) is 5.26 Å². The summed E-state index contributed by atoms with van der Waals surface area (Å²) in [7, 11) is 1.52. The van der Waals surface area contributed by atoms with E-state index in [1.165, 1.54) is 19.2 Å². The monoisotopic (exact) mass is 272 g/mol. The van der Waals surface area contributed by atoms with Gasteiger partial charge in [0.25, 0.3) is 0 Å². The van der Waals surface area contributed by atoms with Crippen LogP contribution in [-0.4, -0.2) is 12.2 Å². The van der Waals surface area contributed by atoms with Crippen LogP contribution in [0.4, 0.5) is 10.1 Å². The van der Waals surface area contributed by atoms with Crippen molar-refractivity contribution in [2.75, 3.05) is 12.4 Å². The molecular weight excluding hydrogens is 259 g/mol. The number of nitrogens with one attached hydrogen (secondary N) is 1. The molecule has 0 aliphatic heterocycles. The van der Waals surface area contributed by atoms with Gasteiger partial charge in [-0.25, -0.2) is 4.39 Å². The number of phenols is 1. The summed E-state index contributed by atoms with van der Waals surface area (Å²) >= 11 is 0. The predicted molar refractivity (Wildman–Crippen MR) is 73.1 cm³/mol. The minimum Gasteiger partial charge on any atom is -0.505 e. The lowest BCUT2D eigenvalue weighted by Crippen LogP contribution is -2.02. The summed E-state index contributed by atoms with van der Waals surface area (Å²) in [6.45, 7) is 0.374. The first-order valence-electron chi connectivity index (χ1n) is 5.93. The zero-order chi connectivity index (χ0) is 14.5. The number of halogens is 1. The van der Waals surface area contributed by atoms with Crippen molar-refractivity contribution in [1.29, 1.82) is 5.26 Å². The van der Waals surface area contributed by atoms with Crippen molar-refractivity contribution in [2.45, 2.75) is 6.54 Å². The normalized spacial score (nSPS) is 9.85. The molecule has 0 saturated heterocycles. The molecule has 0 aliphatic carbocycles. The van der Waals surface area contributed by atoms with Crippen molar-refractivity contribution in [1.82, 2.24) is 0 Å². The van der Waals surface area contributed by atoms with Gasteiger partial charge in [0.1, 0.15) is 5.75 Å². The summed E-state index contributed by atoms with van der Waals surface area (Å²) in [5.74, 6) is -0.482. The Morgan fingerprint density at radius 3 is 2.75 bits per heavy atom. The van der Waals surface area contributed by atoms with E-state index in [0.717, 1.165) is 0 Å². The number of ether oxygens (including phenoxy) is 1. The fraction of sp³-hybridized carbons (Fsp3) is 0.133. The maximum Gasteiger partial charge on any atom is 0.165 e. The van der Waals surface area contributed by atoms with Gasteiger partial charge in [-0.15, -0.1) is 0 Å². The number of methoxy groups -OCH3 is 1. The van der Waals surface area contributed by atoms with Gasteiger partial charge >= 0.3 is 0 Å². The Labute approximate surface area is 116 Å². The number of hydrogen-bond acceptors (Lipinski definition) is 4. The number of aromatic hydroxyl groups is 1. The van der Waals surface area contributed by atoms with Crippen LogP contribution in [0.5, 0.6) is 11.5 Å². The van der Waals surface area contributed by atoms with Crippen LogP contribution >= 0.6 is 0 Å². The van der Waals surface area contributed by atoms with E-state index in [-0.39, 0.29) is 5.75 Å². The van der Waals surface area contributed by atoms with Crippen molar-refractivity contribution < 1.29 is 14.2 Å². The third-order valence-electron chi connectivity index (χ3n) is 2.83. The lowest BCUT2D eigenvalue weighted by molar-refractivity contribution is 0.416. The predicted octanol–water partition coefficient (Wildman–Crippen LogP) is 3.02. The highest BCUT2D eigenvalue weighted by Gasteiger charge is 2.06. The van der Waals surface area contributed by atoms with Crippen molar-refractivity contribution >= 4 is 5.69 Å². The Morgan fingerprint density at radius 1 is 1.30 bits per heavy atom. The average molecular weight is 272 g/mol. The molecule has 0 heterocycles. The van der Waals surface area contributed by atoms with E-state index in [1.54, 1.807) is 24.3 Å². The summed E-state index contributed by atoms with van der Waals surface area (Å²) in [6.07, 6.45) is 0. The van der Waals surface area contributed by atoms with Crippen LogP contribution in [0, 0.1) is 17.1 Å². The van der Waals surface area contributed by atoms with Gasteiger partial charge in [0.05, 0.1) is 24.4 Å². The summed E-state index contributed by atoms with van der Waals surface area (Å²) < 4.78 is 18.4. The quantitative estimate of drug-likeness (QED) is 0.898. The standard InChI is InChI=1S/C15H13FN2O2/c1-20-15-7-10(8-17)2-4-13(15)18-9-11-3-5-14(19)12(16)6-11/h2-7,18-19H,9H2,1H3. The van der Waals surface area contributed by atoms with Gasteiger partial charge in [-0.1, -0.05) is 6.07 Å². The van der Waals surface area contributed by atoms with E-state index in [4.69, 9.17) is 15.1 Å². The first kappa shape index (κ1) is 13.7. The molecule has 5 heteroatoms. The minimum atomic E-state index is -0.656. The Bertz CT molecular complexity index is 665. The molecule has 4 nitrogen and oxygen atoms in total. The Balaban J connectivity index is 2.14. The lowest BCUT2D eigenvalue weighted by Gasteiger charge is -2.11. The first-order chi connectivity index (χ1) is 9.63. The lowest BCUT2D eigenvalue weighted by atomic mass is 10.1. The fourth-order valence-corrected chi connectivity index (χ4v) is 1.76. The minimum absolute atomic E-state index is 0.371. The molecule has 0 atom stereocenters. The summed E-state index contributed by atoms with van der Waals surface area (Å²) in [6, 6.07) is 11.3. The molecule has 0 radical (unpaired) electrons. The fourth-order valence-electron chi connectivity index (χ4n) is 1.76. The molecule has 0 spiro atoms. The highest BCUT2D eigenvalue weighted by molar-refractivity contribution is 5.59. The molecule has 0 bridgehead atoms. The Hall–Kier alpha value is -2.74. The molecule has 0 aliphatic rings. The van der Waals surface area contributed by atoms with Gasteiger partial charge in [0.2, 0.25) is 0 Å². The molecule has 2 rings (SSSR count). The van der Waals surface area contributed by atoms with Crippen LogP contribution in [0.15, 0.2) is 36.4 Å². The van der Waals surface area contributed by atoms with Gasteiger partial charge in [-0.3, -0.25) is 0 Å². The molecule has 0 aromatic heterocycles. The zero-order valence-corrected chi connectivity index (χ0v) is 10.9. The third kappa shape index (κ3) is 2.98. The van der Waals surface area contributed by atoms with Crippen molar-refractivity contribution in [3.8, 4) is 17.6 Å². The van der Waals surface area contributed by atoms with E-state index in [0.29, 0.717) is 29.1 Å².